The van der Waals surface area contributed by atoms with E-state index in [9.17, 15) is 14.4 Å². The Hall–Kier alpha value is -3.95. The minimum absolute atomic E-state index is 0.0787. The third-order valence-electron chi connectivity index (χ3n) is 5.30. The number of nitrogens with zero attached hydrogens (tertiary/aromatic N) is 4. The number of anilines is 1. The van der Waals surface area contributed by atoms with Gasteiger partial charge in [0.05, 0.1) is 16.7 Å². The van der Waals surface area contributed by atoms with E-state index in [0.29, 0.717) is 54.3 Å². The standard InChI is InChI=1S/C22H25N7O3/c1-3-29-17(10-13(2)27-29)21(32)26-22-25-16-12-15(20(23)31)11-14-6-4-7-18(30)24-8-5-9-28(22)19(14)16/h4,6,10-12H,3,5,7-9H2,1-2H3,(H2,23,31)(H,24,30)(H,25,26,32)/b6-4+. The second kappa shape index (κ2) is 8.66. The largest absolute Gasteiger partial charge is 0.366 e. The second-order valence-electron chi connectivity index (χ2n) is 7.64. The highest BCUT2D eigenvalue weighted by Crippen LogP contribution is 2.27. The van der Waals surface area contributed by atoms with Crippen LogP contribution in [0, 0.1) is 6.92 Å². The Morgan fingerprint density at radius 3 is 2.84 bits per heavy atom. The zero-order chi connectivity index (χ0) is 22.8. The summed E-state index contributed by atoms with van der Waals surface area (Å²) in [5.74, 6) is -0.627. The van der Waals surface area contributed by atoms with Crippen LogP contribution < -0.4 is 16.4 Å². The number of aromatic nitrogens is 4. The van der Waals surface area contributed by atoms with Gasteiger partial charge in [-0.3, -0.25) is 24.4 Å². The Bertz CT molecular complexity index is 1250. The Balaban J connectivity index is 1.83. The zero-order valence-corrected chi connectivity index (χ0v) is 18.0. The number of aryl methyl sites for hydroxylation is 3. The molecule has 0 aliphatic carbocycles. The van der Waals surface area contributed by atoms with Crippen molar-refractivity contribution in [3.63, 3.8) is 0 Å². The summed E-state index contributed by atoms with van der Waals surface area (Å²) in [6.45, 7) is 5.31. The molecule has 10 heteroatoms. The van der Waals surface area contributed by atoms with Gasteiger partial charge in [0, 0.05) is 37.2 Å². The Kier molecular flexibility index (Phi) is 5.76. The van der Waals surface area contributed by atoms with Crippen molar-refractivity contribution in [2.24, 2.45) is 5.73 Å². The van der Waals surface area contributed by atoms with Crippen LogP contribution in [0.4, 0.5) is 5.95 Å². The molecule has 4 rings (SSSR count). The van der Waals surface area contributed by atoms with E-state index in [-0.39, 0.29) is 18.2 Å². The molecule has 166 valence electrons. The number of rotatable bonds is 4. The lowest BCUT2D eigenvalue weighted by atomic mass is 10.1. The van der Waals surface area contributed by atoms with Crippen molar-refractivity contribution in [1.29, 1.82) is 0 Å². The molecule has 3 aromatic rings. The first-order chi connectivity index (χ1) is 15.4. The van der Waals surface area contributed by atoms with Crippen LogP contribution in [-0.4, -0.2) is 43.6 Å². The molecule has 0 atom stereocenters. The van der Waals surface area contributed by atoms with Crippen LogP contribution in [0.2, 0.25) is 0 Å². The van der Waals surface area contributed by atoms with Gasteiger partial charge in [0.25, 0.3) is 5.91 Å². The molecule has 3 amide bonds. The van der Waals surface area contributed by atoms with Gasteiger partial charge in [0.1, 0.15) is 5.69 Å². The van der Waals surface area contributed by atoms with Crippen molar-refractivity contribution < 1.29 is 14.4 Å². The fourth-order valence-electron chi connectivity index (χ4n) is 3.85. The molecule has 3 heterocycles. The number of carbonyl (C=O) groups is 3. The summed E-state index contributed by atoms with van der Waals surface area (Å²) in [6, 6.07) is 5.02. The fourth-order valence-corrected chi connectivity index (χ4v) is 3.85. The SMILES string of the molecule is CCn1nc(C)cc1C(=O)Nc1nc2cc(C(N)=O)cc3c2n1CCCNC(=O)C/C=C/3. The van der Waals surface area contributed by atoms with E-state index in [2.05, 4.69) is 20.7 Å². The number of nitrogens with two attached hydrogens (primary N) is 1. The summed E-state index contributed by atoms with van der Waals surface area (Å²) < 4.78 is 3.53. The van der Waals surface area contributed by atoms with Crippen LogP contribution in [0.5, 0.6) is 0 Å². The van der Waals surface area contributed by atoms with Crippen molar-refractivity contribution in [3.05, 3.63) is 46.8 Å². The molecule has 0 saturated carbocycles. The number of imidazole rings is 1. The van der Waals surface area contributed by atoms with Crippen molar-refractivity contribution in [1.82, 2.24) is 24.6 Å². The number of benzene rings is 1. The molecule has 0 unspecified atom stereocenters. The van der Waals surface area contributed by atoms with Crippen molar-refractivity contribution in [3.8, 4) is 0 Å². The molecule has 0 saturated heterocycles. The van der Waals surface area contributed by atoms with E-state index in [1.165, 1.54) is 0 Å². The van der Waals surface area contributed by atoms with Crippen LogP contribution >= 0.6 is 0 Å². The van der Waals surface area contributed by atoms with E-state index in [0.717, 1.165) is 11.2 Å². The minimum atomic E-state index is -0.578. The molecule has 32 heavy (non-hydrogen) atoms. The van der Waals surface area contributed by atoms with Crippen LogP contribution in [0.1, 0.15) is 51.9 Å². The molecule has 1 aliphatic rings. The Labute approximate surface area is 184 Å². The van der Waals surface area contributed by atoms with Crippen LogP contribution in [0.15, 0.2) is 24.3 Å². The summed E-state index contributed by atoms with van der Waals surface area (Å²) in [6.07, 6.45) is 4.38. The molecular weight excluding hydrogens is 410 g/mol. The van der Waals surface area contributed by atoms with E-state index in [1.807, 2.05) is 18.4 Å². The topological polar surface area (TPSA) is 137 Å². The van der Waals surface area contributed by atoms with E-state index < -0.39 is 5.91 Å². The lowest BCUT2D eigenvalue weighted by Gasteiger charge is -2.12. The average molecular weight is 435 g/mol. The Morgan fingerprint density at radius 1 is 1.28 bits per heavy atom. The van der Waals surface area contributed by atoms with Crippen molar-refractivity contribution in [2.75, 3.05) is 11.9 Å². The fraction of sp³-hybridized carbons (Fsp3) is 0.318. The molecule has 2 aromatic heterocycles. The molecule has 0 fully saturated rings. The van der Waals surface area contributed by atoms with Gasteiger partial charge in [-0.25, -0.2) is 4.98 Å². The first-order valence-electron chi connectivity index (χ1n) is 10.5. The molecule has 1 aliphatic heterocycles. The average Bonchev–Trinajstić information content (AvgIpc) is 3.29. The predicted molar refractivity (Wildman–Crippen MR) is 120 cm³/mol. The third-order valence-corrected chi connectivity index (χ3v) is 5.30. The summed E-state index contributed by atoms with van der Waals surface area (Å²) >= 11 is 0. The van der Waals surface area contributed by atoms with Crippen molar-refractivity contribution in [2.45, 2.75) is 39.8 Å². The number of nitrogens with one attached hydrogen (secondary N) is 2. The molecule has 1 aromatic carbocycles. The number of hydrogen-bond donors (Lipinski definition) is 3. The smallest absolute Gasteiger partial charge is 0.276 e. The minimum Gasteiger partial charge on any atom is -0.366 e. The predicted octanol–water partition coefficient (Wildman–Crippen LogP) is 1.84. The number of amides is 3. The quantitative estimate of drug-likeness (QED) is 0.574. The van der Waals surface area contributed by atoms with E-state index in [4.69, 9.17) is 5.73 Å². The van der Waals surface area contributed by atoms with Gasteiger partial charge in [-0.15, -0.1) is 0 Å². The maximum absolute atomic E-state index is 13.0. The van der Waals surface area contributed by atoms with E-state index in [1.54, 1.807) is 35.0 Å². The van der Waals surface area contributed by atoms with Crippen LogP contribution in [-0.2, 0) is 17.9 Å². The summed E-state index contributed by atoms with van der Waals surface area (Å²) in [7, 11) is 0. The van der Waals surface area contributed by atoms with Gasteiger partial charge in [-0.05, 0) is 38.5 Å². The van der Waals surface area contributed by atoms with Crippen LogP contribution in [0.25, 0.3) is 17.1 Å². The van der Waals surface area contributed by atoms with Crippen molar-refractivity contribution >= 4 is 40.8 Å². The van der Waals surface area contributed by atoms with Gasteiger partial charge in [-0.2, -0.15) is 5.10 Å². The maximum Gasteiger partial charge on any atom is 0.276 e. The molecule has 0 radical (unpaired) electrons. The number of hydrogen-bond acceptors (Lipinski definition) is 5. The van der Waals surface area contributed by atoms with Crippen LogP contribution in [0.3, 0.4) is 0 Å². The molecule has 0 bridgehead atoms. The monoisotopic (exact) mass is 435 g/mol. The van der Waals surface area contributed by atoms with Gasteiger partial charge < -0.3 is 15.6 Å². The molecule has 4 N–H and O–H groups in total. The maximum atomic E-state index is 13.0. The summed E-state index contributed by atoms with van der Waals surface area (Å²) in [5, 5.41) is 10.1. The highest BCUT2D eigenvalue weighted by molar-refractivity contribution is 6.04. The van der Waals surface area contributed by atoms with E-state index >= 15 is 0 Å². The highest BCUT2D eigenvalue weighted by Gasteiger charge is 2.20. The van der Waals surface area contributed by atoms with Gasteiger partial charge >= 0.3 is 0 Å². The lowest BCUT2D eigenvalue weighted by molar-refractivity contribution is -0.120. The first-order valence-corrected chi connectivity index (χ1v) is 10.5. The molecule has 10 nitrogen and oxygen atoms in total. The van der Waals surface area contributed by atoms with Gasteiger partial charge in [-0.1, -0.05) is 12.2 Å². The normalized spacial score (nSPS) is 15.1. The summed E-state index contributed by atoms with van der Waals surface area (Å²) in [5.41, 5.74) is 9.00. The first kappa shape index (κ1) is 21.3. The van der Waals surface area contributed by atoms with Gasteiger partial charge in [0.15, 0.2) is 0 Å². The van der Waals surface area contributed by atoms with Gasteiger partial charge in [0.2, 0.25) is 17.8 Å². The molecule has 0 spiro atoms. The third kappa shape index (κ3) is 4.11. The number of carbonyl (C=O) groups excluding carboxylic acids is 3. The lowest BCUT2D eigenvalue weighted by Crippen LogP contribution is -2.24. The second-order valence-corrected chi connectivity index (χ2v) is 7.64. The number of primary amides is 1. The Morgan fingerprint density at radius 2 is 2.09 bits per heavy atom. The summed E-state index contributed by atoms with van der Waals surface area (Å²) in [4.78, 5) is 41.5. The zero-order valence-electron chi connectivity index (χ0n) is 18.0. The molecular formula is C22H25N7O3. The highest BCUT2D eigenvalue weighted by atomic mass is 16.2.